The number of hydrogen-bond donors (Lipinski definition) is 1. The maximum Gasteiger partial charge on any atom is 0.0849 e. The van der Waals surface area contributed by atoms with Crippen molar-refractivity contribution in [3.05, 3.63) is 54.6 Å². The lowest BCUT2D eigenvalue weighted by atomic mass is 10.4. The van der Waals surface area contributed by atoms with Gasteiger partial charge in [0, 0.05) is 14.7 Å². The number of thiol groups is 1. The minimum Gasteiger partial charge on any atom is -0.249 e. The van der Waals surface area contributed by atoms with Gasteiger partial charge in [0.1, 0.15) is 0 Å². The molecule has 0 saturated carbocycles. The molecular formula is C12H10OS3. The molecule has 0 fully saturated rings. The van der Waals surface area contributed by atoms with Crippen LogP contribution in [0.2, 0.25) is 0 Å². The van der Waals surface area contributed by atoms with Crippen molar-refractivity contribution in [2.45, 2.75) is 14.7 Å². The molecule has 1 nitrogen and oxygen atoms in total. The minimum absolute atomic E-state index is 0.810. The Balaban J connectivity index is 2.34. The Labute approximate surface area is 107 Å². The second kappa shape index (κ2) is 5.57. The Morgan fingerprint density at radius 1 is 0.938 bits per heavy atom. The van der Waals surface area contributed by atoms with E-state index in [-0.39, 0.29) is 0 Å². The topological polar surface area (TPSA) is 17.1 Å². The SMILES string of the molecule is O=S(c1ccccc1)c1cccc(SS)c1. The Morgan fingerprint density at radius 2 is 1.62 bits per heavy atom. The van der Waals surface area contributed by atoms with Gasteiger partial charge in [0.05, 0.1) is 10.8 Å². The summed E-state index contributed by atoms with van der Waals surface area (Å²) < 4.78 is 12.2. The second-order valence-corrected chi connectivity index (χ2v) is 5.83. The van der Waals surface area contributed by atoms with Gasteiger partial charge in [0.2, 0.25) is 0 Å². The molecule has 2 aromatic rings. The number of hydrogen-bond acceptors (Lipinski definition) is 3. The first-order chi connectivity index (χ1) is 7.81. The van der Waals surface area contributed by atoms with Crippen LogP contribution in [0.1, 0.15) is 0 Å². The van der Waals surface area contributed by atoms with Crippen molar-refractivity contribution < 1.29 is 4.21 Å². The van der Waals surface area contributed by atoms with E-state index in [2.05, 4.69) is 11.7 Å². The van der Waals surface area contributed by atoms with E-state index in [0.717, 1.165) is 14.7 Å². The molecule has 0 N–H and O–H groups in total. The Hall–Kier alpha value is -0.710. The zero-order valence-electron chi connectivity index (χ0n) is 8.37. The monoisotopic (exact) mass is 266 g/mol. The molecule has 2 aromatic carbocycles. The van der Waals surface area contributed by atoms with E-state index in [1.165, 1.54) is 10.8 Å². The van der Waals surface area contributed by atoms with Crippen LogP contribution in [-0.2, 0) is 10.8 Å². The van der Waals surface area contributed by atoms with Crippen molar-refractivity contribution in [2.75, 3.05) is 0 Å². The molecule has 0 amide bonds. The molecule has 0 saturated heterocycles. The van der Waals surface area contributed by atoms with Crippen molar-refractivity contribution in [3.63, 3.8) is 0 Å². The van der Waals surface area contributed by atoms with E-state index in [1.807, 2.05) is 54.6 Å². The molecule has 0 spiro atoms. The highest BCUT2D eigenvalue weighted by Gasteiger charge is 2.06. The van der Waals surface area contributed by atoms with E-state index >= 15 is 0 Å². The molecule has 0 aromatic heterocycles. The molecule has 0 bridgehead atoms. The summed E-state index contributed by atoms with van der Waals surface area (Å²) >= 11 is 4.13. The van der Waals surface area contributed by atoms with Crippen LogP contribution in [0.5, 0.6) is 0 Å². The third-order valence-corrected chi connectivity index (χ3v) is 4.56. The quantitative estimate of drug-likeness (QED) is 0.672. The fraction of sp³-hybridized carbons (Fsp3) is 0. The minimum atomic E-state index is -1.11. The summed E-state index contributed by atoms with van der Waals surface area (Å²) in [6.07, 6.45) is 0. The molecular weight excluding hydrogens is 256 g/mol. The molecule has 0 aliphatic heterocycles. The van der Waals surface area contributed by atoms with Gasteiger partial charge in [-0.25, -0.2) is 4.21 Å². The summed E-state index contributed by atoms with van der Waals surface area (Å²) in [5, 5.41) is 0. The third-order valence-electron chi connectivity index (χ3n) is 2.08. The van der Waals surface area contributed by atoms with Gasteiger partial charge >= 0.3 is 0 Å². The smallest absolute Gasteiger partial charge is 0.0849 e. The van der Waals surface area contributed by atoms with Crippen LogP contribution in [0.15, 0.2) is 69.3 Å². The Morgan fingerprint density at radius 3 is 2.31 bits per heavy atom. The molecule has 0 radical (unpaired) electrons. The standard InChI is InChI=1S/C12H10OS3/c13-16(11-6-2-1-3-7-11)12-8-4-5-10(9-12)15-14/h1-9,14H. The van der Waals surface area contributed by atoms with Gasteiger partial charge in [-0.1, -0.05) is 35.1 Å². The van der Waals surface area contributed by atoms with Crippen molar-refractivity contribution in [1.82, 2.24) is 0 Å². The van der Waals surface area contributed by atoms with Gasteiger partial charge in [-0.15, -0.1) is 11.7 Å². The molecule has 16 heavy (non-hydrogen) atoms. The van der Waals surface area contributed by atoms with E-state index < -0.39 is 10.8 Å². The summed E-state index contributed by atoms with van der Waals surface area (Å²) in [6.45, 7) is 0. The molecule has 1 unspecified atom stereocenters. The van der Waals surface area contributed by atoms with Gasteiger partial charge in [0.25, 0.3) is 0 Å². The van der Waals surface area contributed by atoms with Gasteiger partial charge in [0.15, 0.2) is 0 Å². The van der Waals surface area contributed by atoms with E-state index in [9.17, 15) is 4.21 Å². The third kappa shape index (κ3) is 2.70. The van der Waals surface area contributed by atoms with Crippen LogP contribution in [0.25, 0.3) is 0 Å². The predicted molar refractivity (Wildman–Crippen MR) is 72.4 cm³/mol. The summed E-state index contributed by atoms with van der Waals surface area (Å²) in [6, 6.07) is 17.1. The van der Waals surface area contributed by atoms with Crippen LogP contribution in [0.4, 0.5) is 0 Å². The van der Waals surface area contributed by atoms with Gasteiger partial charge in [-0.05, 0) is 30.3 Å². The lowest BCUT2D eigenvalue weighted by Gasteiger charge is -2.03. The Kier molecular flexibility index (Phi) is 4.09. The fourth-order valence-corrected chi connectivity index (χ4v) is 3.17. The van der Waals surface area contributed by atoms with E-state index in [1.54, 1.807) is 0 Å². The first-order valence-corrected chi connectivity index (χ1v) is 7.71. The first-order valence-electron chi connectivity index (χ1n) is 4.69. The normalized spacial score (nSPS) is 12.3. The maximum absolute atomic E-state index is 12.2. The van der Waals surface area contributed by atoms with Crippen molar-refractivity contribution in [1.29, 1.82) is 0 Å². The summed E-state index contributed by atoms with van der Waals surface area (Å²) in [7, 11) is 0.250. The lowest BCUT2D eigenvalue weighted by molar-refractivity contribution is 0.683. The highest BCUT2D eigenvalue weighted by molar-refractivity contribution is 8.68. The van der Waals surface area contributed by atoms with Crippen LogP contribution >= 0.6 is 22.5 Å². The van der Waals surface area contributed by atoms with Crippen molar-refractivity contribution in [3.8, 4) is 0 Å². The zero-order valence-corrected chi connectivity index (χ0v) is 10.9. The molecule has 82 valence electrons. The average molecular weight is 266 g/mol. The van der Waals surface area contributed by atoms with Gasteiger partial charge in [-0.2, -0.15) is 0 Å². The highest BCUT2D eigenvalue weighted by Crippen LogP contribution is 2.25. The number of benzene rings is 2. The van der Waals surface area contributed by atoms with E-state index in [4.69, 9.17) is 0 Å². The highest BCUT2D eigenvalue weighted by atomic mass is 33.1. The van der Waals surface area contributed by atoms with Crippen LogP contribution in [0.3, 0.4) is 0 Å². The molecule has 0 aliphatic rings. The van der Waals surface area contributed by atoms with Crippen molar-refractivity contribution in [2.24, 2.45) is 0 Å². The Bertz CT molecular complexity index is 497. The maximum atomic E-state index is 12.2. The molecule has 1 atom stereocenters. The zero-order chi connectivity index (χ0) is 11.4. The average Bonchev–Trinajstić information content (AvgIpc) is 2.39. The van der Waals surface area contributed by atoms with Crippen molar-refractivity contribution >= 4 is 33.3 Å². The van der Waals surface area contributed by atoms with Crippen LogP contribution < -0.4 is 0 Å². The summed E-state index contributed by atoms with van der Waals surface area (Å²) in [4.78, 5) is 2.64. The molecule has 0 aliphatic carbocycles. The molecule has 0 heterocycles. The molecule has 4 heteroatoms. The van der Waals surface area contributed by atoms with Crippen LogP contribution in [0, 0.1) is 0 Å². The lowest BCUT2D eigenvalue weighted by Crippen LogP contribution is -1.92. The van der Waals surface area contributed by atoms with E-state index in [0.29, 0.717) is 0 Å². The fourth-order valence-electron chi connectivity index (χ4n) is 1.33. The summed E-state index contributed by atoms with van der Waals surface area (Å²) in [5.41, 5.74) is 0. The predicted octanol–water partition coefficient (Wildman–Crippen LogP) is 3.79. The van der Waals surface area contributed by atoms with Gasteiger partial charge < -0.3 is 0 Å². The molecule has 2 rings (SSSR count). The number of rotatable bonds is 3. The van der Waals surface area contributed by atoms with Crippen LogP contribution in [-0.4, -0.2) is 4.21 Å². The summed E-state index contributed by atoms with van der Waals surface area (Å²) in [5.74, 6) is 0. The largest absolute Gasteiger partial charge is 0.249 e. The van der Waals surface area contributed by atoms with Gasteiger partial charge in [-0.3, -0.25) is 0 Å². The first kappa shape index (κ1) is 11.8. The second-order valence-electron chi connectivity index (χ2n) is 3.15.